The van der Waals surface area contributed by atoms with Gasteiger partial charge in [-0.2, -0.15) is 31.9 Å². The second kappa shape index (κ2) is 50.5. The van der Waals surface area contributed by atoms with E-state index in [0.717, 1.165) is 59.7 Å². The van der Waals surface area contributed by atoms with Crippen molar-refractivity contribution in [3.05, 3.63) is 70.8 Å². The number of rotatable bonds is 52. The summed E-state index contributed by atoms with van der Waals surface area (Å²) in [5, 5.41) is 89.8. The number of aliphatic carboxylic acids is 1. The van der Waals surface area contributed by atoms with Crippen LogP contribution in [0, 0.1) is 52.1 Å². The van der Waals surface area contributed by atoms with Gasteiger partial charge < -0.3 is 46.4 Å². The second-order valence-corrected chi connectivity index (χ2v) is 40.7. The van der Waals surface area contributed by atoms with Gasteiger partial charge >= 0.3 is 17.9 Å². The lowest BCUT2D eigenvalue weighted by Crippen LogP contribution is -2.59. The lowest BCUT2D eigenvalue weighted by Gasteiger charge is -2.39. The second-order valence-electron chi connectivity index (χ2n) is 32.6. The molecule has 0 saturated heterocycles. The van der Waals surface area contributed by atoms with E-state index in [0.29, 0.717) is 83.2 Å². The molecule has 5 aromatic rings. The number of anilines is 3. The molecule has 3 aliphatic rings. The summed E-state index contributed by atoms with van der Waals surface area (Å²) in [6, 6.07) is 6.63. The van der Waals surface area contributed by atoms with Gasteiger partial charge in [-0.05, 0) is 144 Å². The van der Waals surface area contributed by atoms with Gasteiger partial charge in [-0.1, -0.05) is 158 Å². The van der Waals surface area contributed by atoms with E-state index in [-0.39, 0.29) is 70.9 Å². The summed E-state index contributed by atoms with van der Waals surface area (Å²) in [6.07, 6.45) is 17.7. The molecule has 9 amide bonds. The minimum absolute atomic E-state index is 0.106. The fraction of sp³-hybridized carbons (Fsp3) is 0.610. The number of hydrazine groups is 3. The normalized spacial score (nSPS) is 17.1. The third kappa shape index (κ3) is 32.5. The van der Waals surface area contributed by atoms with Crippen molar-refractivity contribution in [2.45, 2.75) is 213 Å². The van der Waals surface area contributed by atoms with Gasteiger partial charge in [-0.25, -0.2) is 65.7 Å². The third-order valence-electron chi connectivity index (χ3n) is 23.6. The van der Waals surface area contributed by atoms with Crippen molar-refractivity contribution in [2.24, 2.45) is 66.6 Å². The molecule has 3 aromatic heterocycles. The van der Waals surface area contributed by atoms with Gasteiger partial charge in [0.25, 0.3) is 47.8 Å². The fourth-order valence-electron chi connectivity index (χ4n) is 16.6. The van der Waals surface area contributed by atoms with Crippen LogP contribution in [0.25, 0.3) is 0 Å². The molecule has 0 aliphatic heterocycles. The molecule has 3 fully saturated rings. The standard InChI is InChI=1S/C77H114N28O21S6/c1-5-59(47(2)69(115)116)100(44-68(114)102(105(97-80)40-14-24-62(108)87-74-90-93-77(129-74)132(83,125)126)45-65(111)99(49(4)52-29-35-58(36-30-52)71(119)120)42-64(110)94-103(95-78)38-12-22-60(106)85-72-88-91-75(127-72)130(81,121)122)66(112)46-101(104(96-79)39-13-23-61(107)86-73-89-92-76(128-73)131(82,123)124)67(113)43-98(48(3)51-27-33-57(34-28-51)70(117)118)41-63(109)84-37-11-16-50-15-9-19-54(26-25-50)56-21-10-20-55(31-32-56)53-17-7-6-8-18-53/h27-30,33-36,47-50,53-56,59,78-80H,5-26,31-32,37-46H2,1-4H3,(H,84,109)(H,94,110)(H,115,116)(H,117,118)(H,119,120)(H2,81,121,122)(H2,82,123,124)(H2,83,125,126)(H,85,88,106)(H,86,89,107)(H,87,90,108)/t47-,48+,49+,50?,54?,55?,56?,59?/m0/s1. The molecule has 3 aliphatic carbocycles. The molecule has 0 radical (unpaired) electrons. The van der Waals surface area contributed by atoms with Crippen molar-refractivity contribution < 1.29 is 98.1 Å². The summed E-state index contributed by atoms with van der Waals surface area (Å²) in [5.74, 6) is -11.3. The van der Waals surface area contributed by atoms with Crippen molar-refractivity contribution >= 4 is 151 Å². The quantitative estimate of drug-likeness (QED) is 0.00672. The Balaban J connectivity index is 1.10. The first-order valence-corrected chi connectivity index (χ1v) is 50.0. The number of amides is 9. The Kier molecular flexibility index (Phi) is 40.5. The van der Waals surface area contributed by atoms with Crippen molar-refractivity contribution in [1.29, 1.82) is 16.6 Å². The van der Waals surface area contributed by atoms with Gasteiger partial charge in [-0.15, -0.1) is 30.6 Å². The molecule has 8 rings (SSSR count). The monoisotopic (exact) mass is 1960 g/mol. The smallest absolute Gasteiger partial charge is 0.335 e. The number of hydrogen-bond donors (Lipinski definition) is 14. The highest BCUT2D eigenvalue weighted by Crippen LogP contribution is 2.44. The zero-order chi connectivity index (χ0) is 96.7. The van der Waals surface area contributed by atoms with Crippen LogP contribution >= 0.6 is 34.0 Å². The van der Waals surface area contributed by atoms with Gasteiger partial charge in [0.1, 0.15) is 26.2 Å². The number of aromatic nitrogens is 6. The number of aromatic carboxylic acids is 2. The minimum Gasteiger partial charge on any atom is -0.481 e. The molecule has 3 saturated carbocycles. The number of carboxylic acid groups (broad SMARTS) is 3. The largest absolute Gasteiger partial charge is 0.481 e. The molecular formula is C77H114N28O21S6. The van der Waals surface area contributed by atoms with Crippen LogP contribution in [0.15, 0.2) is 77.2 Å². The molecule has 0 spiro atoms. The lowest BCUT2D eigenvalue weighted by molar-refractivity contribution is -0.167. The summed E-state index contributed by atoms with van der Waals surface area (Å²) < 4.78 is 69.7. The number of nitrogens with zero attached hydrogens (tertiary/aromatic N) is 17. The van der Waals surface area contributed by atoms with Crippen LogP contribution in [0.3, 0.4) is 0 Å². The number of nitrogens with two attached hydrogens (primary N) is 3. The third-order valence-corrected chi connectivity index (χ3v) is 30.1. The van der Waals surface area contributed by atoms with Gasteiger partial charge in [-0.3, -0.25) is 52.8 Å². The maximum atomic E-state index is 15.9. The minimum atomic E-state index is -4.38. The van der Waals surface area contributed by atoms with Crippen LogP contribution in [0.5, 0.6) is 0 Å². The first-order valence-electron chi connectivity index (χ1n) is 42.9. The predicted octanol–water partition coefficient (Wildman–Crippen LogP) is 6.25. The highest BCUT2D eigenvalue weighted by atomic mass is 32.3. The van der Waals surface area contributed by atoms with Crippen molar-refractivity contribution in [2.75, 3.05) is 81.4 Å². The van der Waals surface area contributed by atoms with Crippen LogP contribution in [0.1, 0.15) is 226 Å². The zero-order valence-electron chi connectivity index (χ0n) is 73.3. The number of primary sulfonamides is 3. The SMILES string of the molecule is CCC([C@H](C)C(=O)O)N(CC(=O)N(CC(=O)N(CC(=O)NN(CCCC(=O)Nc1nnc(S(N)(=O)=O)s1)N=N)[C@H](C)c1ccc(C(=O)O)cc1)N(CCCC(=O)Nc1nnc(S(N)(=O)=O)s1)N=N)C(=O)CN(C(=O)CN(CC(=O)NCCCC1CCCC(C2CCCC(C3CCCCC3)CC2)CC1)[C@H](C)c1ccc(C(=O)O)cc1)N(CCCC(=O)Nc1nnc(S(N)(=O)=O)s1)N=N. The summed E-state index contributed by atoms with van der Waals surface area (Å²) in [6.45, 7) is -2.05. The molecule has 724 valence electrons. The van der Waals surface area contributed by atoms with Gasteiger partial charge in [0.2, 0.25) is 63.9 Å². The first kappa shape index (κ1) is 106. The number of carboxylic acids is 3. The first-order chi connectivity index (χ1) is 62.6. The van der Waals surface area contributed by atoms with E-state index in [4.69, 9.17) is 32.0 Å². The fourth-order valence-corrected chi connectivity index (χ4v) is 20.6. The van der Waals surface area contributed by atoms with E-state index in [1.165, 1.54) is 145 Å². The van der Waals surface area contributed by atoms with E-state index < -0.39 is 210 Å². The van der Waals surface area contributed by atoms with Crippen molar-refractivity contribution in [3.8, 4) is 0 Å². The molecule has 55 heteroatoms. The van der Waals surface area contributed by atoms with Crippen LogP contribution < -0.4 is 42.1 Å². The Hall–Kier alpha value is -11.4. The molecule has 3 heterocycles. The molecule has 132 heavy (non-hydrogen) atoms. The topological polar surface area (TPSA) is 718 Å². The van der Waals surface area contributed by atoms with E-state index >= 15 is 19.2 Å². The van der Waals surface area contributed by atoms with E-state index in [9.17, 15) is 78.9 Å². The average molecular weight is 1960 g/mol. The zero-order valence-corrected chi connectivity index (χ0v) is 78.2. The van der Waals surface area contributed by atoms with E-state index in [1.54, 1.807) is 6.92 Å². The molecule has 49 nitrogen and oxygen atoms in total. The molecule has 8 atom stereocenters. The number of benzene rings is 2. The summed E-state index contributed by atoms with van der Waals surface area (Å²) in [7, 11) is -13.0. The van der Waals surface area contributed by atoms with Gasteiger partial charge in [0.15, 0.2) is 0 Å². The summed E-state index contributed by atoms with van der Waals surface area (Å²) >= 11 is 1.27. The highest BCUT2D eigenvalue weighted by Gasteiger charge is 2.41. The molecule has 5 unspecified atom stereocenters. The molecule has 0 bridgehead atoms. The lowest BCUT2D eigenvalue weighted by atomic mass is 9.76. The van der Waals surface area contributed by atoms with Gasteiger partial charge in [0.05, 0.1) is 55.8 Å². The average Bonchev–Trinajstić information content (AvgIpc) is 1.18. The number of carbonyl (C=O) groups is 12. The Morgan fingerprint density at radius 3 is 1.28 bits per heavy atom. The molecule has 17 N–H and O–H groups in total. The van der Waals surface area contributed by atoms with E-state index in [1.807, 2.05) is 0 Å². The van der Waals surface area contributed by atoms with Crippen molar-refractivity contribution in [1.82, 2.24) is 81.4 Å². The highest BCUT2D eigenvalue weighted by molar-refractivity contribution is 7.91. The van der Waals surface area contributed by atoms with Crippen LogP contribution in [0.4, 0.5) is 15.4 Å². The van der Waals surface area contributed by atoms with Crippen LogP contribution in [0.2, 0.25) is 0 Å². The summed E-state index contributed by atoms with van der Waals surface area (Å²) in [4.78, 5) is 172. The maximum Gasteiger partial charge on any atom is 0.335 e. The number of hydrogen-bond acceptors (Lipinski definition) is 34. The Morgan fingerprint density at radius 2 is 0.864 bits per heavy atom. The number of sulfonamides is 3. The Bertz CT molecular complexity index is 5220. The number of carbonyl (C=O) groups excluding carboxylic acids is 9. The summed E-state index contributed by atoms with van der Waals surface area (Å²) in [5.41, 5.74) is 27.6. The Morgan fingerprint density at radius 1 is 0.455 bits per heavy atom. The van der Waals surface area contributed by atoms with Crippen LogP contribution in [-0.4, -0.2) is 254 Å². The van der Waals surface area contributed by atoms with Gasteiger partial charge in [0, 0.05) is 37.9 Å². The Labute approximate surface area is 773 Å². The maximum absolute atomic E-state index is 15.9. The van der Waals surface area contributed by atoms with E-state index in [2.05, 4.69) is 73.0 Å². The predicted molar refractivity (Wildman–Crippen MR) is 473 cm³/mol. The number of nitrogens with one attached hydrogen (secondary N) is 8. The van der Waals surface area contributed by atoms with Crippen molar-refractivity contribution in [3.63, 3.8) is 0 Å². The molecular weight excluding hydrogens is 1850 g/mol. The molecule has 2 aromatic carbocycles. The van der Waals surface area contributed by atoms with Crippen LogP contribution in [-0.2, 0) is 78.0 Å².